The number of para-hydroxylation sites is 1. The van der Waals surface area contributed by atoms with E-state index in [1.807, 2.05) is 24.3 Å². The lowest BCUT2D eigenvalue weighted by atomic mass is 10.1. The molecule has 0 heterocycles. The predicted octanol–water partition coefficient (Wildman–Crippen LogP) is 3.71. The van der Waals surface area contributed by atoms with Gasteiger partial charge in [-0.25, -0.2) is 0 Å². The first kappa shape index (κ1) is 16.5. The molecule has 1 amide bonds. The van der Waals surface area contributed by atoms with Crippen LogP contribution in [0.15, 0.2) is 24.3 Å². The molecule has 112 valence electrons. The maximum atomic E-state index is 12.0. The number of hydrogen-bond acceptors (Lipinski definition) is 2. The number of carbonyl (C=O) groups is 1. The van der Waals surface area contributed by atoms with Crippen molar-refractivity contribution in [1.29, 1.82) is 0 Å². The van der Waals surface area contributed by atoms with Gasteiger partial charge >= 0.3 is 0 Å². The lowest BCUT2D eigenvalue weighted by molar-refractivity contribution is -0.121. The van der Waals surface area contributed by atoms with Crippen molar-refractivity contribution in [3.8, 4) is 5.75 Å². The van der Waals surface area contributed by atoms with Crippen molar-refractivity contribution in [2.75, 3.05) is 7.11 Å². The number of carbonyl (C=O) groups excluding carboxylic acids is 1. The summed E-state index contributed by atoms with van der Waals surface area (Å²) in [6, 6.07) is 7.91. The molecule has 0 saturated carbocycles. The van der Waals surface area contributed by atoms with E-state index in [1.54, 1.807) is 7.11 Å². The van der Waals surface area contributed by atoms with Crippen LogP contribution in [-0.4, -0.2) is 19.1 Å². The standard InChI is InChI=1S/C17H27NO2/c1-4-5-6-7-10-14(2)18-17(19)13-15-11-8-9-12-16(15)20-3/h8-9,11-12,14H,4-7,10,13H2,1-3H3,(H,18,19)/t14-/m1/s1. The molecule has 0 unspecified atom stereocenters. The highest BCUT2D eigenvalue weighted by Crippen LogP contribution is 2.17. The quantitative estimate of drug-likeness (QED) is 0.699. The van der Waals surface area contributed by atoms with Crippen molar-refractivity contribution >= 4 is 5.91 Å². The molecule has 0 fully saturated rings. The SMILES string of the molecule is CCCCCC[C@@H](C)NC(=O)Cc1ccccc1OC. The monoisotopic (exact) mass is 277 g/mol. The lowest BCUT2D eigenvalue weighted by Gasteiger charge is -2.14. The summed E-state index contributed by atoms with van der Waals surface area (Å²) in [4.78, 5) is 12.0. The van der Waals surface area contributed by atoms with Gasteiger partial charge in [0.25, 0.3) is 0 Å². The van der Waals surface area contributed by atoms with Crippen molar-refractivity contribution in [3.63, 3.8) is 0 Å². The Kier molecular flexibility index (Phi) is 7.78. The van der Waals surface area contributed by atoms with Crippen LogP contribution in [0.5, 0.6) is 5.75 Å². The number of nitrogens with one attached hydrogen (secondary N) is 1. The Bertz CT molecular complexity index is 404. The van der Waals surface area contributed by atoms with Crippen LogP contribution >= 0.6 is 0 Å². The Labute approximate surface area is 122 Å². The third-order valence-corrected chi connectivity index (χ3v) is 3.44. The van der Waals surface area contributed by atoms with E-state index in [2.05, 4.69) is 19.2 Å². The summed E-state index contributed by atoms with van der Waals surface area (Å²) in [7, 11) is 1.63. The summed E-state index contributed by atoms with van der Waals surface area (Å²) < 4.78 is 5.26. The number of rotatable bonds is 9. The van der Waals surface area contributed by atoms with Crippen LogP contribution in [0.3, 0.4) is 0 Å². The first-order chi connectivity index (χ1) is 9.67. The highest BCUT2D eigenvalue weighted by atomic mass is 16.5. The highest BCUT2D eigenvalue weighted by molar-refractivity contribution is 5.79. The highest BCUT2D eigenvalue weighted by Gasteiger charge is 2.10. The number of unbranched alkanes of at least 4 members (excludes halogenated alkanes) is 3. The van der Waals surface area contributed by atoms with Crippen LogP contribution in [0, 0.1) is 0 Å². The van der Waals surface area contributed by atoms with Gasteiger partial charge in [0.15, 0.2) is 0 Å². The zero-order valence-corrected chi connectivity index (χ0v) is 12.9. The van der Waals surface area contributed by atoms with E-state index >= 15 is 0 Å². The molecule has 3 nitrogen and oxygen atoms in total. The van der Waals surface area contributed by atoms with Crippen LogP contribution in [-0.2, 0) is 11.2 Å². The molecule has 0 spiro atoms. The summed E-state index contributed by atoms with van der Waals surface area (Å²) in [5, 5.41) is 3.06. The minimum atomic E-state index is 0.0671. The number of benzene rings is 1. The molecular formula is C17H27NO2. The zero-order chi connectivity index (χ0) is 14.8. The average Bonchev–Trinajstić information content (AvgIpc) is 2.44. The molecule has 0 saturated heterocycles. The lowest BCUT2D eigenvalue weighted by Crippen LogP contribution is -2.33. The van der Waals surface area contributed by atoms with Gasteiger partial charge in [-0.2, -0.15) is 0 Å². The smallest absolute Gasteiger partial charge is 0.224 e. The van der Waals surface area contributed by atoms with Gasteiger partial charge in [0.2, 0.25) is 5.91 Å². The normalized spacial score (nSPS) is 11.9. The summed E-state index contributed by atoms with van der Waals surface area (Å²) in [6.45, 7) is 4.28. The topological polar surface area (TPSA) is 38.3 Å². The first-order valence-electron chi connectivity index (χ1n) is 7.58. The molecule has 0 aliphatic heterocycles. The van der Waals surface area contributed by atoms with Crippen molar-refractivity contribution in [2.45, 2.75) is 58.4 Å². The number of ether oxygens (including phenoxy) is 1. The van der Waals surface area contributed by atoms with E-state index < -0.39 is 0 Å². The van der Waals surface area contributed by atoms with Crippen LogP contribution in [0.2, 0.25) is 0 Å². The zero-order valence-electron chi connectivity index (χ0n) is 12.9. The Balaban J connectivity index is 2.35. The molecule has 1 rings (SSSR count). The van der Waals surface area contributed by atoms with Gasteiger partial charge in [-0.3, -0.25) is 4.79 Å². The Hall–Kier alpha value is -1.51. The summed E-state index contributed by atoms with van der Waals surface area (Å²) in [5.74, 6) is 0.843. The van der Waals surface area contributed by atoms with Gasteiger partial charge in [0.05, 0.1) is 13.5 Å². The van der Waals surface area contributed by atoms with Crippen LogP contribution < -0.4 is 10.1 Å². The molecule has 1 N–H and O–H groups in total. The van der Waals surface area contributed by atoms with Gasteiger partial charge in [0.1, 0.15) is 5.75 Å². The van der Waals surface area contributed by atoms with E-state index in [-0.39, 0.29) is 11.9 Å². The largest absolute Gasteiger partial charge is 0.496 e. The van der Waals surface area contributed by atoms with E-state index in [4.69, 9.17) is 4.74 Å². The fraction of sp³-hybridized carbons (Fsp3) is 0.588. The summed E-state index contributed by atoms with van der Waals surface area (Å²) >= 11 is 0. The molecule has 0 aromatic heterocycles. The number of amides is 1. The van der Waals surface area contributed by atoms with Gasteiger partial charge in [0, 0.05) is 11.6 Å². The number of methoxy groups -OCH3 is 1. The van der Waals surface area contributed by atoms with Crippen molar-refractivity contribution in [2.24, 2.45) is 0 Å². The molecule has 1 aromatic carbocycles. The van der Waals surface area contributed by atoms with Crippen molar-refractivity contribution < 1.29 is 9.53 Å². The third kappa shape index (κ3) is 6.09. The first-order valence-corrected chi connectivity index (χ1v) is 7.58. The fourth-order valence-corrected chi connectivity index (χ4v) is 2.30. The maximum Gasteiger partial charge on any atom is 0.224 e. The Morgan fingerprint density at radius 1 is 1.25 bits per heavy atom. The second-order valence-electron chi connectivity index (χ2n) is 5.31. The van der Waals surface area contributed by atoms with Crippen molar-refractivity contribution in [1.82, 2.24) is 5.32 Å². The van der Waals surface area contributed by atoms with Crippen LogP contribution in [0.1, 0.15) is 51.5 Å². The van der Waals surface area contributed by atoms with Gasteiger partial charge < -0.3 is 10.1 Å². The van der Waals surface area contributed by atoms with E-state index in [9.17, 15) is 4.79 Å². The van der Waals surface area contributed by atoms with Crippen molar-refractivity contribution in [3.05, 3.63) is 29.8 Å². The molecule has 0 bridgehead atoms. The molecule has 3 heteroatoms. The second kappa shape index (κ2) is 9.40. The second-order valence-corrected chi connectivity index (χ2v) is 5.31. The minimum Gasteiger partial charge on any atom is -0.496 e. The molecule has 0 radical (unpaired) electrons. The fourth-order valence-electron chi connectivity index (χ4n) is 2.30. The molecule has 0 aliphatic carbocycles. The van der Waals surface area contributed by atoms with Crippen LogP contribution in [0.4, 0.5) is 0 Å². The van der Waals surface area contributed by atoms with Crippen LogP contribution in [0.25, 0.3) is 0 Å². The summed E-state index contributed by atoms with van der Waals surface area (Å²) in [5.41, 5.74) is 0.936. The predicted molar refractivity (Wildman–Crippen MR) is 83.1 cm³/mol. The molecule has 1 aromatic rings. The molecule has 20 heavy (non-hydrogen) atoms. The minimum absolute atomic E-state index is 0.0671. The van der Waals surface area contributed by atoms with Gasteiger partial charge in [-0.15, -0.1) is 0 Å². The summed E-state index contributed by atoms with van der Waals surface area (Å²) in [6.07, 6.45) is 6.39. The Morgan fingerprint density at radius 3 is 2.70 bits per heavy atom. The third-order valence-electron chi connectivity index (χ3n) is 3.44. The van der Waals surface area contributed by atoms with E-state index in [0.29, 0.717) is 6.42 Å². The van der Waals surface area contributed by atoms with E-state index in [0.717, 1.165) is 17.7 Å². The number of hydrogen-bond donors (Lipinski definition) is 1. The molecule has 1 atom stereocenters. The van der Waals surface area contributed by atoms with Gasteiger partial charge in [-0.05, 0) is 19.4 Å². The average molecular weight is 277 g/mol. The Morgan fingerprint density at radius 2 is 2.00 bits per heavy atom. The maximum absolute atomic E-state index is 12.0. The van der Waals surface area contributed by atoms with E-state index in [1.165, 1.54) is 25.7 Å². The molecule has 0 aliphatic rings. The molecular weight excluding hydrogens is 250 g/mol. The van der Waals surface area contributed by atoms with Gasteiger partial charge in [-0.1, -0.05) is 50.8 Å².